The highest BCUT2D eigenvalue weighted by Crippen LogP contribution is 2.40. The second kappa shape index (κ2) is 19.8. The second-order valence-corrected chi connectivity index (χ2v) is 16.9. The van der Waals surface area contributed by atoms with Gasteiger partial charge in [0, 0.05) is 25.2 Å². The third kappa shape index (κ3) is 12.2. The van der Waals surface area contributed by atoms with Crippen LogP contribution in [0.1, 0.15) is 75.5 Å². The van der Waals surface area contributed by atoms with E-state index < -0.39 is 47.1 Å². The van der Waals surface area contributed by atoms with Gasteiger partial charge in [-0.3, -0.25) is 5.32 Å². The number of halogens is 2. The molecule has 0 bridgehead atoms. The van der Waals surface area contributed by atoms with E-state index in [9.17, 15) is 18.8 Å². The third-order valence-corrected chi connectivity index (χ3v) is 9.24. The average Bonchev–Trinajstić information content (AvgIpc) is 3.66. The summed E-state index contributed by atoms with van der Waals surface area (Å²) in [6.07, 6.45) is 0.252. The van der Waals surface area contributed by atoms with Gasteiger partial charge in [0.05, 0.1) is 37.3 Å². The molecule has 17 heteroatoms. The summed E-state index contributed by atoms with van der Waals surface area (Å²) in [6.45, 7) is 12.6. The number of benzene rings is 3. The van der Waals surface area contributed by atoms with Gasteiger partial charge < -0.3 is 34.5 Å². The lowest BCUT2D eigenvalue weighted by molar-refractivity contribution is 0.0502. The molecule has 3 N–H and O–H groups in total. The number of carbonyl (C=O) groups excluding carboxylic acids is 3. The number of amides is 2. The number of anilines is 3. The number of rotatable bonds is 15. The van der Waals surface area contributed by atoms with Crippen LogP contribution in [0.4, 0.5) is 35.7 Å². The molecule has 15 nitrogen and oxygen atoms in total. The molecule has 0 aliphatic rings. The minimum Gasteiger partial charge on any atom is -0.473 e. The first-order chi connectivity index (χ1) is 30.4. The van der Waals surface area contributed by atoms with Gasteiger partial charge in [0.2, 0.25) is 5.88 Å². The molecule has 0 spiro atoms. The average molecular weight is 879 g/mol. The quantitative estimate of drug-likeness (QED) is 0.0661. The Hall–Kier alpha value is -7.30. The number of methoxy groups -OCH3 is 1. The number of fused-ring (bicyclic) bond motifs is 1. The molecule has 0 aliphatic heterocycles. The van der Waals surface area contributed by atoms with Gasteiger partial charge in [0.25, 0.3) is 0 Å². The fourth-order valence-electron chi connectivity index (χ4n) is 6.57. The van der Waals surface area contributed by atoms with Crippen molar-refractivity contribution < 1.29 is 42.1 Å². The van der Waals surface area contributed by atoms with Crippen LogP contribution in [0.3, 0.4) is 0 Å². The van der Waals surface area contributed by atoms with Gasteiger partial charge in [-0.05, 0) is 83.4 Å². The summed E-state index contributed by atoms with van der Waals surface area (Å²) in [6, 6.07) is 24.9. The zero-order chi connectivity index (χ0) is 46.2. The molecular weight excluding hydrogens is 827 g/mol. The standard InChI is InChI=1S/C47H52F2N8O7/c1-29(23-52-44(59)63-46(2,3)4)62-41-33(21-34(48)25-51-41)24-50-39-38(32-19-20-37(36(49)22-32)54-45(60)64-47(5,6)7)42(57-40(55-39)35(26-53-57)43(58)61-8)56(27-30-15-11-9-12-16-30)28-31-17-13-10-14-18-31/h9-22,25-26,29H,23-24,27-28H2,1-8H3,(H,50,55)(H,52,59)(H,54,60)/t29-/m0/s1. The zero-order valence-corrected chi connectivity index (χ0v) is 37.0. The number of aromatic nitrogens is 4. The number of ether oxygens (including phenoxy) is 4. The van der Waals surface area contributed by atoms with Crippen LogP contribution < -0.4 is 25.6 Å². The number of alkyl carbamates (subject to hydrolysis) is 1. The van der Waals surface area contributed by atoms with Crippen LogP contribution >= 0.6 is 0 Å². The first-order valence-corrected chi connectivity index (χ1v) is 20.5. The van der Waals surface area contributed by atoms with Crippen molar-refractivity contribution in [1.29, 1.82) is 0 Å². The van der Waals surface area contributed by atoms with Crippen molar-refractivity contribution >= 4 is 41.1 Å². The summed E-state index contributed by atoms with van der Waals surface area (Å²) in [4.78, 5) is 49.5. The summed E-state index contributed by atoms with van der Waals surface area (Å²) in [5.74, 6) is -1.53. The smallest absolute Gasteiger partial charge is 0.412 e. The maximum atomic E-state index is 16.3. The lowest BCUT2D eigenvalue weighted by Crippen LogP contribution is -2.37. The van der Waals surface area contributed by atoms with Crippen molar-refractivity contribution in [2.24, 2.45) is 0 Å². The van der Waals surface area contributed by atoms with E-state index in [4.69, 9.17) is 23.9 Å². The molecule has 0 saturated carbocycles. The van der Waals surface area contributed by atoms with E-state index in [2.05, 4.69) is 26.0 Å². The van der Waals surface area contributed by atoms with Crippen LogP contribution in [0.5, 0.6) is 5.88 Å². The Bertz CT molecular complexity index is 2560. The second-order valence-electron chi connectivity index (χ2n) is 16.9. The number of esters is 1. The molecule has 0 radical (unpaired) electrons. The van der Waals surface area contributed by atoms with Gasteiger partial charge >= 0.3 is 18.2 Å². The monoisotopic (exact) mass is 878 g/mol. The van der Waals surface area contributed by atoms with E-state index in [0.29, 0.717) is 30.0 Å². The van der Waals surface area contributed by atoms with Gasteiger partial charge in [0.15, 0.2) is 5.65 Å². The molecule has 2 amide bonds. The Kier molecular flexibility index (Phi) is 14.3. The topological polar surface area (TPSA) is 171 Å². The molecular formula is C47H52F2N8O7. The van der Waals surface area contributed by atoms with Crippen LogP contribution in [-0.4, -0.2) is 68.7 Å². The molecule has 3 aromatic heterocycles. The van der Waals surface area contributed by atoms with Crippen LogP contribution in [-0.2, 0) is 33.8 Å². The first kappa shape index (κ1) is 46.2. The van der Waals surface area contributed by atoms with Crippen molar-refractivity contribution in [3.63, 3.8) is 0 Å². The number of pyridine rings is 1. The zero-order valence-electron chi connectivity index (χ0n) is 37.0. The molecule has 64 heavy (non-hydrogen) atoms. The van der Waals surface area contributed by atoms with Crippen molar-refractivity contribution in [3.8, 4) is 17.0 Å². The summed E-state index contributed by atoms with van der Waals surface area (Å²) in [5, 5.41) is 13.1. The van der Waals surface area contributed by atoms with Gasteiger partial charge in [-0.2, -0.15) is 9.61 Å². The first-order valence-electron chi connectivity index (χ1n) is 20.5. The van der Waals surface area contributed by atoms with Gasteiger partial charge in [-0.1, -0.05) is 66.7 Å². The number of hydrogen-bond acceptors (Lipinski definition) is 12. The van der Waals surface area contributed by atoms with Crippen molar-refractivity contribution in [2.45, 2.75) is 85.4 Å². The number of carbonyl (C=O) groups is 3. The van der Waals surface area contributed by atoms with E-state index in [-0.39, 0.29) is 47.2 Å². The lowest BCUT2D eigenvalue weighted by Gasteiger charge is -2.29. The highest BCUT2D eigenvalue weighted by molar-refractivity contribution is 5.98. The van der Waals surface area contributed by atoms with Crippen LogP contribution in [0.2, 0.25) is 0 Å². The number of nitrogens with one attached hydrogen (secondary N) is 3. The van der Waals surface area contributed by atoms with Gasteiger partial charge in [-0.15, -0.1) is 0 Å². The largest absolute Gasteiger partial charge is 0.473 e. The molecule has 0 fully saturated rings. The SMILES string of the molecule is COC(=O)c1cnn2c(N(Cc3ccccc3)Cc3ccccc3)c(-c3ccc(NC(=O)OC(C)(C)C)c(F)c3)c(NCc3cc(F)cnc3O[C@@H](C)CNC(=O)OC(C)(C)C)nc12. The van der Waals surface area contributed by atoms with Crippen LogP contribution in [0.25, 0.3) is 16.8 Å². The molecule has 6 rings (SSSR count). The summed E-state index contributed by atoms with van der Waals surface area (Å²) >= 11 is 0. The Labute approximate surface area is 370 Å². The molecule has 0 aliphatic carbocycles. The molecule has 336 valence electrons. The Morgan fingerprint density at radius 2 is 1.45 bits per heavy atom. The number of hydrogen-bond donors (Lipinski definition) is 3. The Morgan fingerprint density at radius 1 is 0.828 bits per heavy atom. The molecule has 0 unspecified atom stereocenters. The van der Waals surface area contributed by atoms with Crippen LogP contribution in [0, 0.1) is 11.6 Å². The van der Waals surface area contributed by atoms with Crippen molar-refractivity contribution in [1.82, 2.24) is 24.9 Å². The molecule has 1 atom stereocenters. The maximum absolute atomic E-state index is 16.3. The van der Waals surface area contributed by atoms with Gasteiger partial charge in [0.1, 0.15) is 46.1 Å². The highest BCUT2D eigenvalue weighted by atomic mass is 19.1. The minimum absolute atomic E-state index is 0.0450. The molecule has 6 aromatic rings. The molecule has 0 saturated heterocycles. The summed E-state index contributed by atoms with van der Waals surface area (Å²) in [7, 11) is 1.25. The van der Waals surface area contributed by atoms with E-state index in [0.717, 1.165) is 17.3 Å². The lowest BCUT2D eigenvalue weighted by atomic mass is 10.0. The predicted molar refractivity (Wildman–Crippen MR) is 238 cm³/mol. The summed E-state index contributed by atoms with van der Waals surface area (Å²) < 4.78 is 54.7. The van der Waals surface area contributed by atoms with E-state index >= 15 is 4.39 Å². The fourth-order valence-corrected chi connectivity index (χ4v) is 6.57. The minimum atomic E-state index is -0.842. The highest BCUT2D eigenvalue weighted by Gasteiger charge is 2.28. The van der Waals surface area contributed by atoms with E-state index in [1.807, 2.05) is 65.6 Å². The summed E-state index contributed by atoms with van der Waals surface area (Å²) in [5.41, 5.74) is 1.24. The van der Waals surface area contributed by atoms with Gasteiger partial charge in [-0.25, -0.2) is 33.1 Å². The van der Waals surface area contributed by atoms with Crippen molar-refractivity contribution in [3.05, 3.63) is 131 Å². The van der Waals surface area contributed by atoms with Crippen LogP contribution in [0.15, 0.2) is 97.3 Å². The number of nitrogens with zero attached hydrogens (tertiary/aromatic N) is 5. The normalized spacial score (nSPS) is 12.0. The van der Waals surface area contributed by atoms with E-state index in [1.54, 1.807) is 54.5 Å². The predicted octanol–water partition coefficient (Wildman–Crippen LogP) is 9.31. The Balaban J connectivity index is 1.51. The fraction of sp³-hybridized carbons (Fsp3) is 0.319. The Morgan fingerprint density at radius 3 is 2.05 bits per heavy atom. The van der Waals surface area contributed by atoms with E-state index in [1.165, 1.54) is 36.0 Å². The maximum Gasteiger partial charge on any atom is 0.412 e. The third-order valence-electron chi connectivity index (χ3n) is 9.24. The molecule has 3 aromatic carbocycles. The molecule has 3 heterocycles. The van der Waals surface area contributed by atoms with Crippen molar-refractivity contribution in [2.75, 3.05) is 29.2 Å².